The Hall–Kier alpha value is -2.13. The fourth-order valence-corrected chi connectivity index (χ4v) is 3.62. The van der Waals surface area contributed by atoms with E-state index in [4.69, 9.17) is 21.1 Å². The quantitative estimate of drug-likeness (QED) is 0.823. The van der Waals surface area contributed by atoms with Gasteiger partial charge in [0.2, 0.25) is 0 Å². The SMILES string of the molecule is O=S(=O)(Nc1ccc(Cl)cc1C(F)(F)F)c1ccc2c(c1)OCCCO2. The lowest BCUT2D eigenvalue weighted by atomic mass is 10.2. The van der Waals surface area contributed by atoms with Gasteiger partial charge < -0.3 is 9.47 Å². The molecular formula is C16H13ClF3NO4S. The molecule has 0 atom stereocenters. The fourth-order valence-electron chi connectivity index (χ4n) is 2.35. The van der Waals surface area contributed by atoms with Gasteiger partial charge in [-0.1, -0.05) is 11.6 Å². The van der Waals surface area contributed by atoms with E-state index < -0.39 is 27.5 Å². The zero-order valence-corrected chi connectivity index (χ0v) is 14.7. The Balaban J connectivity index is 1.97. The largest absolute Gasteiger partial charge is 0.490 e. The van der Waals surface area contributed by atoms with Crippen LogP contribution >= 0.6 is 11.6 Å². The summed E-state index contributed by atoms with van der Waals surface area (Å²) in [5.74, 6) is 0.599. The molecule has 0 aliphatic carbocycles. The highest BCUT2D eigenvalue weighted by atomic mass is 35.5. The molecule has 3 rings (SSSR count). The van der Waals surface area contributed by atoms with E-state index in [0.29, 0.717) is 31.5 Å². The van der Waals surface area contributed by atoms with Crippen molar-refractivity contribution in [3.05, 3.63) is 47.0 Å². The summed E-state index contributed by atoms with van der Waals surface area (Å²) < 4.78 is 77.3. The number of hydrogen-bond acceptors (Lipinski definition) is 4. The first-order valence-corrected chi connectivity index (χ1v) is 9.32. The Morgan fingerprint density at radius 3 is 2.38 bits per heavy atom. The molecule has 0 spiro atoms. The number of alkyl halides is 3. The van der Waals surface area contributed by atoms with Gasteiger partial charge in [-0.2, -0.15) is 13.2 Å². The normalized spacial score (nSPS) is 14.6. The van der Waals surface area contributed by atoms with Crippen LogP contribution in [0.2, 0.25) is 5.02 Å². The minimum atomic E-state index is -4.77. The van der Waals surface area contributed by atoms with Crippen LogP contribution in [0.25, 0.3) is 0 Å². The predicted octanol–water partition coefficient (Wildman–Crippen LogP) is 4.32. The van der Waals surface area contributed by atoms with Crippen molar-refractivity contribution in [2.45, 2.75) is 17.5 Å². The van der Waals surface area contributed by atoms with Crippen LogP contribution in [0.4, 0.5) is 18.9 Å². The van der Waals surface area contributed by atoms with Crippen molar-refractivity contribution in [2.24, 2.45) is 0 Å². The summed E-state index contributed by atoms with van der Waals surface area (Å²) in [6.07, 6.45) is -4.14. The Bertz CT molecular complexity index is 932. The first-order chi connectivity index (χ1) is 12.2. The zero-order valence-electron chi connectivity index (χ0n) is 13.1. The van der Waals surface area contributed by atoms with E-state index in [0.717, 1.165) is 6.07 Å². The molecule has 140 valence electrons. The molecule has 0 unspecified atom stereocenters. The van der Waals surface area contributed by atoms with Crippen molar-refractivity contribution in [3.8, 4) is 11.5 Å². The molecule has 26 heavy (non-hydrogen) atoms. The van der Waals surface area contributed by atoms with Gasteiger partial charge in [0, 0.05) is 17.5 Å². The molecule has 0 amide bonds. The summed E-state index contributed by atoms with van der Waals surface area (Å²) in [6, 6.07) is 6.65. The average molecular weight is 408 g/mol. The Labute approximate surface area is 152 Å². The van der Waals surface area contributed by atoms with Gasteiger partial charge in [0.25, 0.3) is 10.0 Å². The van der Waals surface area contributed by atoms with Crippen molar-refractivity contribution in [1.82, 2.24) is 0 Å². The van der Waals surface area contributed by atoms with Gasteiger partial charge >= 0.3 is 6.18 Å². The topological polar surface area (TPSA) is 64.6 Å². The molecule has 2 aromatic rings. The number of ether oxygens (including phenoxy) is 2. The lowest BCUT2D eigenvalue weighted by molar-refractivity contribution is -0.136. The molecule has 0 aromatic heterocycles. The Kier molecular flexibility index (Phi) is 4.94. The van der Waals surface area contributed by atoms with Gasteiger partial charge in [0.15, 0.2) is 11.5 Å². The number of anilines is 1. The lowest BCUT2D eigenvalue weighted by Crippen LogP contribution is -2.17. The summed E-state index contributed by atoms with van der Waals surface area (Å²) in [6.45, 7) is 0.774. The zero-order chi connectivity index (χ0) is 18.9. The number of fused-ring (bicyclic) bond motifs is 1. The van der Waals surface area contributed by atoms with E-state index in [9.17, 15) is 21.6 Å². The highest BCUT2D eigenvalue weighted by molar-refractivity contribution is 7.92. The Morgan fingerprint density at radius 1 is 1.00 bits per heavy atom. The average Bonchev–Trinajstić information content (AvgIpc) is 2.80. The second kappa shape index (κ2) is 6.88. The number of hydrogen-bond donors (Lipinski definition) is 1. The fraction of sp³-hybridized carbons (Fsp3) is 0.250. The lowest BCUT2D eigenvalue weighted by Gasteiger charge is -2.16. The van der Waals surface area contributed by atoms with Crippen LogP contribution in [0.3, 0.4) is 0 Å². The van der Waals surface area contributed by atoms with Crippen LogP contribution in [-0.4, -0.2) is 21.6 Å². The molecule has 0 saturated heterocycles. The van der Waals surface area contributed by atoms with Crippen LogP contribution in [-0.2, 0) is 16.2 Å². The number of halogens is 4. The van der Waals surface area contributed by atoms with Crippen LogP contribution in [0.1, 0.15) is 12.0 Å². The molecule has 0 radical (unpaired) electrons. The van der Waals surface area contributed by atoms with Gasteiger partial charge in [-0.15, -0.1) is 0 Å². The third-order valence-electron chi connectivity index (χ3n) is 3.56. The van der Waals surface area contributed by atoms with Crippen molar-refractivity contribution < 1.29 is 31.1 Å². The van der Waals surface area contributed by atoms with Gasteiger partial charge in [-0.3, -0.25) is 4.72 Å². The first kappa shape index (κ1) is 18.7. The molecule has 1 aliphatic rings. The maximum Gasteiger partial charge on any atom is 0.418 e. The smallest absolute Gasteiger partial charge is 0.418 e. The number of nitrogens with one attached hydrogen (secondary N) is 1. The minimum absolute atomic E-state index is 0.157. The van der Waals surface area contributed by atoms with Crippen LogP contribution in [0.15, 0.2) is 41.3 Å². The number of benzene rings is 2. The summed E-state index contributed by atoms with van der Waals surface area (Å²) >= 11 is 5.60. The minimum Gasteiger partial charge on any atom is -0.490 e. The van der Waals surface area contributed by atoms with Gasteiger partial charge in [-0.05, 0) is 30.3 Å². The highest BCUT2D eigenvalue weighted by Gasteiger charge is 2.35. The van der Waals surface area contributed by atoms with E-state index in [1.54, 1.807) is 0 Å². The van der Waals surface area contributed by atoms with Crippen molar-refractivity contribution in [2.75, 3.05) is 17.9 Å². The Morgan fingerprint density at radius 2 is 1.69 bits per heavy atom. The molecule has 2 aromatic carbocycles. The molecule has 10 heteroatoms. The van der Waals surface area contributed by atoms with E-state index in [2.05, 4.69) is 0 Å². The number of sulfonamides is 1. The van der Waals surface area contributed by atoms with Crippen LogP contribution in [0.5, 0.6) is 11.5 Å². The molecule has 5 nitrogen and oxygen atoms in total. The molecular weight excluding hydrogens is 395 g/mol. The van der Waals surface area contributed by atoms with Gasteiger partial charge in [0.05, 0.1) is 29.4 Å². The summed E-state index contributed by atoms with van der Waals surface area (Å²) in [5.41, 5.74) is -1.79. The molecule has 0 bridgehead atoms. The van der Waals surface area contributed by atoms with Gasteiger partial charge in [-0.25, -0.2) is 8.42 Å². The van der Waals surface area contributed by atoms with Crippen LogP contribution < -0.4 is 14.2 Å². The maximum atomic E-state index is 13.1. The molecule has 0 saturated carbocycles. The second-order valence-corrected chi connectivity index (χ2v) is 7.57. The molecule has 1 heterocycles. The summed E-state index contributed by atoms with van der Waals surface area (Å²) in [4.78, 5) is -0.246. The monoisotopic (exact) mass is 407 g/mol. The van der Waals surface area contributed by atoms with E-state index in [1.807, 2.05) is 4.72 Å². The van der Waals surface area contributed by atoms with Crippen LogP contribution in [0, 0.1) is 0 Å². The van der Waals surface area contributed by atoms with Crippen molar-refractivity contribution in [3.63, 3.8) is 0 Å². The molecule has 1 N–H and O–H groups in total. The van der Waals surface area contributed by atoms with E-state index in [-0.39, 0.29) is 15.7 Å². The third kappa shape index (κ3) is 3.99. The maximum absolute atomic E-state index is 13.1. The first-order valence-electron chi connectivity index (χ1n) is 7.46. The molecule has 1 aliphatic heterocycles. The van der Waals surface area contributed by atoms with E-state index in [1.165, 1.54) is 24.3 Å². The second-order valence-electron chi connectivity index (χ2n) is 5.45. The van der Waals surface area contributed by atoms with E-state index >= 15 is 0 Å². The molecule has 0 fully saturated rings. The predicted molar refractivity (Wildman–Crippen MR) is 89.3 cm³/mol. The standard InChI is InChI=1S/C16H13ClF3NO4S/c17-10-2-4-13(12(8-10)16(18,19)20)21-26(22,23)11-3-5-14-15(9-11)25-7-1-6-24-14/h2-5,8-9,21H,1,6-7H2. The van der Waals surface area contributed by atoms with Crippen molar-refractivity contribution in [1.29, 1.82) is 0 Å². The number of rotatable bonds is 3. The van der Waals surface area contributed by atoms with Gasteiger partial charge in [0.1, 0.15) is 0 Å². The highest BCUT2D eigenvalue weighted by Crippen LogP contribution is 2.38. The summed E-state index contributed by atoms with van der Waals surface area (Å²) in [5, 5.41) is -0.157. The third-order valence-corrected chi connectivity index (χ3v) is 5.16. The van der Waals surface area contributed by atoms with Crippen molar-refractivity contribution >= 4 is 27.3 Å². The summed E-state index contributed by atoms with van der Waals surface area (Å²) in [7, 11) is -4.28.